The van der Waals surface area contributed by atoms with Crippen LogP contribution in [0.5, 0.6) is 5.75 Å². The molecule has 2 N–H and O–H groups in total. The van der Waals surface area contributed by atoms with Crippen LogP contribution < -0.4 is 10.1 Å². The Bertz CT molecular complexity index is 1300. The van der Waals surface area contributed by atoms with Crippen LogP contribution >= 0.6 is 0 Å². The van der Waals surface area contributed by atoms with Gasteiger partial charge in [0.1, 0.15) is 12.3 Å². The number of nitrogens with zero attached hydrogens (tertiary/aromatic N) is 2. The predicted octanol–water partition coefficient (Wildman–Crippen LogP) is 5.32. The molecular weight excluding hydrogens is 440 g/mol. The summed E-state index contributed by atoms with van der Waals surface area (Å²) in [6.45, 7) is 4.02. The molecule has 1 aromatic heterocycles. The molecule has 7 nitrogen and oxygen atoms in total. The Balaban J connectivity index is 1.55. The van der Waals surface area contributed by atoms with Crippen LogP contribution in [0.3, 0.4) is 0 Å². The van der Waals surface area contributed by atoms with Gasteiger partial charge in [-0.25, -0.2) is 4.79 Å². The Hall–Kier alpha value is -3.50. The van der Waals surface area contributed by atoms with E-state index in [1.54, 1.807) is 7.11 Å². The third-order valence-electron chi connectivity index (χ3n) is 7.84. The number of fused-ring (bicyclic) bond motifs is 1. The molecule has 1 aliphatic carbocycles. The van der Waals surface area contributed by atoms with E-state index in [4.69, 9.17) is 9.47 Å². The minimum atomic E-state index is -0.380. The second kappa shape index (κ2) is 9.27. The molecule has 1 atom stereocenters. The zero-order valence-electron chi connectivity index (χ0n) is 20.6. The molecule has 35 heavy (non-hydrogen) atoms. The van der Waals surface area contributed by atoms with E-state index in [1.807, 2.05) is 24.4 Å². The molecular formula is C28H32N4O3. The molecule has 1 saturated carbocycles. The lowest BCUT2D eigenvalue weighted by atomic mass is 9.83. The van der Waals surface area contributed by atoms with E-state index in [0.717, 1.165) is 42.0 Å². The SMILES string of the molecule is COC(=O)c1ccc([C@H]2CC3(CCN2Cc2c(OC)cc(C)c4[nH]ccc24)CC3)c(NCC#N)c1. The molecule has 3 aromatic rings. The molecule has 2 aromatic carbocycles. The normalized spacial score (nSPS) is 18.9. The molecule has 1 spiro atoms. The van der Waals surface area contributed by atoms with E-state index in [9.17, 15) is 10.1 Å². The van der Waals surface area contributed by atoms with Gasteiger partial charge in [0.15, 0.2) is 0 Å². The first kappa shape index (κ1) is 23.3. The molecule has 7 heteroatoms. The van der Waals surface area contributed by atoms with Crippen molar-refractivity contribution < 1.29 is 14.3 Å². The summed E-state index contributed by atoms with van der Waals surface area (Å²) < 4.78 is 10.8. The maximum absolute atomic E-state index is 12.2. The zero-order valence-corrected chi connectivity index (χ0v) is 20.6. The number of aromatic nitrogens is 1. The summed E-state index contributed by atoms with van der Waals surface area (Å²) in [7, 11) is 3.12. The number of aryl methyl sites for hydroxylation is 1. The number of likely N-dealkylation sites (tertiary alicyclic amines) is 1. The molecule has 1 saturated heterocycles. The van der Waals surface area contributed by atoms with E-state index >= 15 is 0 Å². The van der Waals surface area contributed by atoms with Gasteiger partial charge in [-0.05, 0) is 80.0 Å². The van der Waals surface area contributed by atoms with Crippen molar-refractivity contribution in [2.24, 2.45) is 5.41 Å². The Morgan fingerprint density at radius 2 is 2.09 bits per heavy atom. The summed E-state index contributed by atoms with van der Waals surface area (Å²) in [4.78, 5) is 18.1. The average Bonchev–Trinajstić information content (AvgIpc) is 3.43. The van der Waals surface area contributed by atoms with E-state index in [1.165, 1.54) is 42.9 Å². The number of benzene rings is 2. The van der Waals surface area contributed by atoms with Gasteiger partial charge in [0.05, 0.1) is 25.9 Å². The van der Waals surface area contributed by atoms with Crippen molar-refractivity contribution in [3.05, 3.63) is 58.8 Å². The Kier molecular flexibility index (Phi) is 6.16. The summed E-state index contributed by atoms with van der Waals surface area (Å²) in [5.41, 5.74) is 6.33. The summed E-state index contributed by atoms with van der Waals surface area (Å²) >= 11 is 0. The van der Waals surface area contributed by atoms with Crippen LogP contribution in [0.25, 0.3) is 10.9 Å². The highest BCUT2D eigenvalue weighted by atomic mass is 16.5. The molecule has 5 rings (SSSR count). The van der Waals surface area contributed by atoms with Gasteiger partial charge in [-0.3, -0.25) is 4.90 Å². The first-order valence-electron chi connectivity index (χ1n) is 12.2. The van der Waals surface area contributed by atoms with E-state index in [0.29, 0.717) is 11.0 Å². The van der Waals surface area contributed by atoms with Crippen molar-refractivity contribution in [3.63, 3.8) is 0 Å². The number of aromatic amines is 1. The van der Waals surface area contributed by atoms with Crippen LogP contribution in [-0.2, 0) is 11.3 Å². The first-order chi connectivity index (χ1) is 17.0. The van der Waals surface area contributed by atoms with Gasteiger partial charge in [0.2, 0.25) is 0 Å². The number of rotatable bonds is 7. The van der Waals surface area contributed by atoms with E-state index in [2.05, 4.69) is 40.3 Å². The van der Waals surface area contributed by atoms with Gasteiger partial charge in [0.25, 0.3) is 0 Å². The Morgan fingerprint density at radius 1 is 1.26 bits per heavy atom. The Morgan fingerprint density at radius 3 is 2.80 bits per heavy atom. The summed E-state index contributed by atoms with van der Waals surface area (Å²) in [6.07, 6.45) is 6.79. The van der Waals surface area contributed by atoms with Crippen LogP contribution in [0, 0.1) is 23.7 Å². The number of hydrogen-bond donors (Lipinski definition) is 2. The fourth-order valence-electron chi connectivity index (χ4n) is 5.67. The first-order valence-corrected chi connectivity index (χ1v) is 12.2. The minimum absolute atomic E-state index is 0.166. The third kappa shape index (κ3) is 4.35. The number of methoxy groups -OCH3 is 2. The highest BCUT2D eigenvalue weighted by molar-refractivity contribution is 5.91. The molecule has 0 amide bonds. The number of esters is 1. The number of piperidine rings is 1. The molecule has 0 bridgehead atoms. The molecule has 2 heterocycles. The number of ether oxygens (including phenoxy) is 2. The van der Waals surface area contributed by atoms with Crippen LogP contribution in [-0.4, -0.2) is 43.2 Å². The van der Waals surface area contributed by atoms with Gasteiger partial charge in [-0.2, -0.15) is 5.26 Å². The standard InChI is InChI=1S/C28H32N4O3/c1-18-14-25(34-2)22(20-6-11-31-26(18)20)17-32-13-9-28(7-8-28)16-24(32)21-5-4-19(27(33)35-3)15-23(21)30-12-10-29/h4-6,11,14-15,24,30-31H,7-9,12-13,16-17H2,1-3H3/t24-/m1/s1. The number of carbonyl (C=O) groups is 1. The quantitative estimate of drug-likeness (QED) is 0.357. The smallest absolute Gasteiger partial charge is 0.337 e. The number of hydrogen-bond acceptors (Lipinski definition) is 6. The van der Waals surface area contributed by atoms with Crippen LogP contribution in [0.2, 0.25) is 0 Å². The van der Waals surface area contributed by atoms with Crippen LogP contribution in [0.15, 0.2) is 36.5 Å². The molecule has 0 unspecified atom stereocenters. The van der Waals surface area contributed by atoms with Gasteiger partial charge in [0, 0.05) is 40.9 Å². The summed E-state index contributed by atoms with van der Waals surface area (Å²) in [6, 6.07) is 12.3. The number of nitriles is 1. The highest BCUT2D eigenvalue weighted by Gasteiger charge is 2.48. The lowest BCUT2D eigenvalue weighted by Crippen LogP contribution is -2.37. The van der Waals surface area contributed by atoms with E-state index < -0.39 is 0 Å². The summed E-state index contributed by atoms with van der Waals surface area (Å²) in [5, 5.41) is 13.7. The minimum Gasteiger partial charge on any atom is -0.496 e. The van der Waals surface area contributed by atoms with Gasteiger partial charge < -0.3 is 19.8 Å². The molecule has 2 aliphatic rings. The van der Waals surface area contributed by atoms with Crippen molar-refractivity contribution in [2.45, 2.75) is 45.2 Å². The largest absolute Gasteiger partial charge is 0.496 e. The van der Waals surface area contributed by atoms with Crippen molar-refractivity contribution in [3.8, 4) is 11.8 Å². The van der Waals surface area contributed by atoms with Crippen molar-refractivity contribution in [1.29, 1.82) is 5.26 Å². The lowest BCUT2D eigenvalue weighted by Gasteiger charge is -2.41. The molecule has 182 valence electrons. The number of nitrogens with one attached hydrogen (secondary N) is 2. The Labute approximate surface area is 206 Å². The monoisotopic (exact) mass is 472 g/mol. The number of carbonyl (C=O) groups excluding carboxylic acids is 1. The molecule has 1 aliphatic heterocycles. The van der Waals surface area contributed by atoms with Gasteiger partial charge in [-0.15, -0.1) is 0 Å². The second-order valence-corrected chi connectivity index (χ2v) is 9.89. The third-order valence-corrected chi connectivity index (χ3v) is 7.84. The second-order valence-electron chi connectivity index (χ2n) is 9.89. The lowest BCUT2D eigenvalue weighted by molar-refractivity contribution is 0.0600. The van der Waals surface area contributed by atoms with Crippen molar-refractivity contribution in [1.82, 2.24) is 9.88 Å². The molecule has 0 radical (unpaired) electrons. The number of H-pyrrole nitrogens is 1. The number of anilines is 1. The van der Waals surface area contributed by atoms with Crippen LogP contribution in [0.4, 0.5) is 5.69 Å². The topological polar surface area (TPSA) is 90.4 Å². The zero-order chi connectivity index (χ0) is 24.6. The maximum atomic E-state index is 12.2. The highest BCUT2D eigenvalue weighted by Crippen LogP contribution is 2.59. The predicted molar refractivity (Wildman–Crippen MR) is 136 cm³/mol. The fourth-order valence-corrected chi connectivity index (χ4v) is 5.67. The average molecular weight is 473 g/mol. The van der Waals surface area contributed by atoms with Gasteiger partial charge >= 0.3 is 5.97 Å². The van der Waals surface area contributed by atoms with E-state index in [-0.39, 0.29) is 18.6 Å². The van der Waals surface area contributed by atoms with Crippen LogP contribution in [0.1, 0.15) is 58.8 Å². The maximum Gasteiger partial charge on any atom is 0.337 e. The molecule has 2 fully saturated rings. The van der Waals surface area contributed by atoms with Crippen molar-refractivity contribution in [2.75, 3.05) is 32.6 Å². The fraction of sp³-hybridized carbons (Fsp3) is 0.429. The summed E-state index contributed by atoms with van der Waals surface area (Å²) in [5.74, 6) is 0.527. The van der Waals surface area contributed by atoms with Gasteiger partial charge in [-0.1, -0.05) is 6.07 Å². The van der Waals surface area contributed by atoms with Crippen molar-refractivity contribution >= 4 is 22.6 Å².